The van der Waals surface area contributed by atoms with E-state index in [2.05, 4.69) is 5.32 Å². The number of carbonyl (C=O) groups excluding carboxylic acids is 2. The second kappa shape index (κ2) is 5.67. The van der Waals surface area contributed by atoms with E-state index in [1.165, 1.54) is 7.11 Å². The average molecular weight is 247 g/mol. The van der Waals surface area contributed by atoms with Gasteiger partial charge >= 0.3 is 5.97 Å². The summed E-state index contributed by atoms with van der Waals surface area (Å²) >= 11 is 0. The fourth-order valence-corrected chi connectivity index (χ4v) is 2.40. The van der Waals surface area contributed by atoms with Crippen molar-refractivity contribution in [2.24, 2.45) is 0 Å². The Kier molecular flexibility index (Phi) is 3.97. The number of amides is 1. The topological polar surface area (TPSA) is 55.4 Å². The first-order valence-electron chi connectivity index (χ1n) is 6.14. The van der Waals surface area contributed by atoms with Crippen molar-refractivity contribution in [1.29, 1.82) is 0 Å². The molecule has 1 fully saturated rings. The van der Waals surface area contributed by atoms with E-state index in [9.17, 15) is 9.59 Å². The van der Waals surface area contributed by atoms with Crippen molar-refractivity contribution in [2.75, 3.05) is 7.11 Å². The number of piperidine rings is 1. The van der Waals surface area contributed by atoms with Gasteiger partial charge in [-0.2, -0.15) is 0 Å². The lowest BCUT2D eigenvalue weighted by atomic mass is 9.86. The quantitative estimate of drug-likeness (QED) is 0.826. The first-order chi connectivity index (χ1) is 8.72. The van der Waals surface area contributed by atoms with Gasteiger partial charge in [0.05, 0.1) is 7.11 Å². The minimum Gasteiger partial charge on any atom is -0.468 e. The Balaban J connectivity index is 2.25. The molecule has 1 aromatic carbocycles. The maximum atomic E-state index is 11.9. The number of esters is 1. The molecule has 1 aliphatic rings. The third-order valence-corrected chi connectivity index (χ3v) is 3.28. The molecule has 1 saturated heterocycles. The van der Waals surface area contributed by atoms with Gasteiger partial charge in [0.25, 0.3) is 0 Å². The molecule has 0 spiro atoms. The summed E-state index contributed by atoms with van der Waals surface area (Å²) in [4.78, 5) is 23.4. The molecular formula is C14H17NO3. The monoisotopic (exact) mass is 247 g/mol. The molecule has 96 valence electrons. The molecule has 1 aliphatic heterocycles. The molecule has 2 atom stereocenters. The second-order valence-corrected chi connectivity index (χ2v) is 4.48. The molecule has 4 heteroatoms. The van der Waals surface area contributed by atoms with Crippen molar-refractivity contribution in [3.05, 3.63) is 35.9 Å². The van der Waals surface area contributed by atoms with E-state index < -0.39 is 5.92 Å². The molecule has 0 aromatic heterocycles. The minimum absolute atomic E-state index is 0.0103. The van der Waals surface area contributed by atoms with E-state index in [4.69, 9.17) is 4.74 Å². The van der Waals surface area contributed by atoms with E-state index >= 15 is 0 Å². The van der Waals surface area contributed by atoms with E-state index in [0.29, 0.717) is 6.42 Å². The molecular weight excluding hydrogens is 230 g/mol. The van der Waals surface area contributed by atoms with Crippen LogP contribution in [-0.4, -0.2) is 25.0 Å². The van der Waals surface area contributed by atoms with Gasteiger partial charge in [-0.25, -0.2) is 0 Å². The molecule has 4 nitrogen and oxygen atoms in total. The first-order valence-corrected chi connectivity index (χ1v) is 6.14. The Morgan fingerprint density at radius 2 is 2.11 bits per heavy atom. The average Bonchev–Trinajstić information content (AvgIpc) is 2.40. The Hall–Kier alpha value is -1.84. The lowest BCUT2D eigenvalue weighted by Gasteiger charge is -2.29. The van der Waals surface area contributed by atoms with E-state index in [0.717, 1.165) is 18.4 Å². The van der Waals surface area contributed by atoms with Crippen LogP contribution in [0.3, 0.4) is 0 Å². The number of benzene rings is 1. The highest BCUT2D eigenvalue weighted by atomic mass is 16.5. The number of methoxy groups -OCH3 is 1. The van der Waals surface area contributed by atoms with Gasteiger partial charge in [-0.1, -0.05) is 30.3 Å². The van der Waals surface area contributed by atoms with Crippen LogP contribution in [0.2, 0.25) is 0 Å². The van der Waals surface area contributed by atoms with Crippen LogP contribution in [0.15, 0.2) is 30.3 Å². The lowest BCUT2D eigenvalue weighted by molar-refractivity contribution is -0.143. The van der Waals surface area contributed by atoms with Crippen molar-refractivity contribution in [1.82, 2.24) is 5.32 Å². The third-order valence-electron chi connectivity index (χ3n) is 3.28. The summed E-state index contributed by atoms with van der Waals surface area (Å²) in [6.45, 7) is 0. The lowest BCUT2D eigenvalue weighted by Crippen LogP contribution is -2.45. The van der Waals surface area contributed by atoms with Gasteiger partial charge in [0.15, 0.2) is 0 Å². The largest absolute Gasteiger partial charge is 0.468 e. The predicted octanol–water partition coefficient (Wildman–Crippen LogP) is 1.61. The fourth-order valence-electron chi connectivity index (χ4n) is 2.40. The van der Waals surface area contributed by atoms with Crippen LogP contribution < -0.4 is 5.32 Å². The number of carbonyl (C=O) groups is 2. The van der Waals surface area contributed by atoms with Crippen molar-refractivity contribution >= 4 is 11.9 Å². The summed E-state index contributed by atoms with van der Waals surface area (Å²) in [6.07, 6.45) is 2.16. The molecule has 0 aliphatic carbocycles. The Labute approximate surface area is 106 Å². The maximum absolute atomic E-state index is 11.9. The summed E-state index contributed by atoms with van der Waals surface area (Å²) in [6, 6.07) is 9.29. The zero-order valence-electron chi connectivity index (χ0n) is 10.4. The Bertz CT molecular complexity index is 430. The van der Waals surface area contributed by atoms with Gasteiger partial charge in [-0.3, -0.25) is 9.59 Å². The van der Waals surface area contributed by atoms with Gasteiger partial charge < -0.3 is 10.1 Å². The van der Waals surface area contributed by atoms with Crippen LogP contribution in [0, 0.1) is 0 Å². The molecule has 1 N–H and O–H groups in total. The first kappa shape index (κ1) is 12.6. The summed E-state index contributed by atoms with van der Waals surface area (Å²) in [5, 5.41) is 2.89. The van der Waals surface area contributed by atoms with Crippen LogP contribution >= 0.6 is 0 Å². The highest BCUT2D eigenvalue weighted by Crippen LogP contribution is 2.26. The molecule has 1 heterocycles. The summed E-state index contributed by atoms with van der Waals surface area (Å²) in [5.41, 5.74) is 0.886. The third kappa shape index (κ3) is 2.70. The molecule has 2 unspecified atom stereocenters. The summed E-state index contributed by atoms with van der Waals surface area (Å²) < 4.78 is 4.86. The number of hydrogen-bond donors (Lipinski definition) is 1. The fraction of sp³-hybridized carbons (Fsp3) is 0.429. The molecule has 0 saturated carbocycles. The van der Waals surface area contributed by atoms with Crippen molar-refractivity contribution < 1.29 is 14.3 Å². The Morgan fingerprint density at radius 1 is 1.39 bits per heavy atom. The van der Waals surface area contributed by atoms with Crippen LogP contribution in [0.1, 0.15) is 30.7 Å². The maximum Gasteiger partial charge on any atom is 0.315 e. The second-order valence-electron chi connectivity index (χ2n) is 4.48. The smallest absolute Gasteiger partial charge is 0.315 e. The Morgan fingerprint density at radius 3 is 2.72 bits per heavy atom. The van der Waals surface area contributed by atoms with Crippen LogP contribution in [0.4, 0.5) is 0 Å². The van der Waals surface area contributed by atoms with Gasteiger partial charge in [-0.05, 0) is 18.4 Å². The van der Waals surface area contributed by atoms with Gasteiger partial charge in [0.1, 0.15) is 5.92 Å². The molecule has 2 rings (SSSR count). The van der Waals surface area contributed by atoms with Crippen molar-refractivity contribution in [3.63, 3.8) is 0 Å². The summed E-state index contributed by atoms with van der Waals surface area (Å²) in [7, 11) is 1.38. The zero-order chi connectivity index (χ0) is 13.0. The minimum atomic E-state index is -0.416. The zero-order valence-corrected chi connectivity index (χ0v) is 10.4. The predicted molar refractivity (Wildman–Crippen MR) is 67.0 cm³/mol. The van der Waals surface area contributed by atoms with Gasteiger partial charge in [0.2, 0.25) is 5.91 Å². The van der Waals surface area contributed by atoms with Gasteiger partial charge in [-0.15, -0.1) is 0 Å². The van der Waals surface area contributed by atoms with E-state index in [1.807, 2.05) is 30.3 Å². The highest BCUT2D eigenvalue weighted by Gasteiger charge is 2.33. The van der Waals surface area contributed by atoms with Crippen LogP contribution in [0.25, 0.3) is 0 Å². The summed E-state index contributed by atoms with van der Waals surface area (Å²) in [5.74, 6) is -0.704. The SMILES string of the molecule is COC(=O)C(c1ccccc1)C1CCCC(=O)N1. The molecule has 18 heavy (non-hydrogen) atoms. The number of hydrogen-bond acceptors (Lipinski definition) is 3. The van der Waals surface area contributed by atoms with Crippen LogP contribution in [0.5, 0.6) is 0 Å². The van der Waals surface area contributed by atoms with Gasteiger partial charge in [0, 0.05) is 12.5 Å². The normalized spacial score (nSPS) is 20.9. The molecule has 1 aromatic rings. The highest BCUT2D eigenvalue weighted by molar-refractivity contribution is 5.82. The van der Waals surface area contributed by atoms with Crippen LogP contribution in [-0.2, 0) is 14.3 Å². The van der Waals surface area contributed by atoms with Crippen molar-refractivity contribution in [3.8, 4) is 0 Å². The standard InChI is InChI=1S/C14H17NO3/c1-18-14(17)13(10-6-3-2-4-7-10)11-8-5-9-12(16)15-11/h2-4,6-7,11,13H,5,8-9H2,1H3,(H,15,16). The van der Waals surface area contributed by atoms with E-state index in [-0.39, 0.29) is 17.9 Å². The number of rotatable bonds is 3. The molecule has 0 bridgehead atoms. The number of nitrogens with one attached hydrogen (secondary N) is 1. The molecule has 0 radical (unpaired) electrons. The molecule has 1 amide bonds. The van der Waals surface area contributed by atoms with Crippen molar-refractivity contribution in [2.45, 2.75) is 31.2 Å². The number of ether oxygens (including phenoxy) is 1. The van der Waals surface area contributed by atoms with E-state index in [1.54, 1.807) is 0 Å².